The number of halogens is 1. The Morgan fingerprint density at radius 3 is 2.60 bits per heavy atom. The number of hydrogen-bond donors (Lipinski definition) is 1. The van der Waals surface area contributed by atoms with Gasteiger partial charge in [-0.25, -0.2) is 0 Å². The summed E-state index contributed by atoms with van der Waals surface area (Å²) in [7, 11) is 2.03. The lowest BCUT2D eigenvalue weighted by atomic mass is 10.2. The first kappa shape index (κ1) is 10.8. The molecule has 82 valence electrons. The van der Waals surface area contributed by atoms with Crippen molar-refractivity contribution >= 4 is 27.3 Å². The minimum absolute atomic E-state index is 0.0533. The third kappa shape index (κ3) is 1.84. The monoisotopic (exact) mass is 269 g/mol. The molecule has 2 atom stereocenters. The van der Waals surface area contributed by atoms with Crippen molar-refractivity contribution in [3.8, 4) is 0 Å². The first-order valence-corrected chi connectivity index (χ1v) is 6.01. The number of fused-ring (bicyclic) bond motifs is 1. The number of anilines is 2. The van der Waals surface area contributed by atoms with Crippen molar-refractivity contribution in [2.45, 2.75) is 18.0 Å². The summed E-state index contributed by atoms with van der Waals surface area (Å²) < 4.78 is 0. The Kier molecular flexibility index (Phi) is 2.89. The van der Waals surface area contributed by atoms with Crippen LogP contribution in [0.25, 0.3) is 0 Å². The Morgan fingerprint density at radius 2 is 2.00 bits per heavy atom. The van der Waals surface area contributed by atoms with Crippen LogP contribution in [0.3, 0.4) is 0 Å². The summed E-state index contributed by atoms with van der Waals surface area (Å²) in [5.41, 5.74) is 8.58. The summed E-state index contributed by atoms with van der Waals surface area (Å²) in [5.74, 6) is 0. The molecule has 0 aromatic heterocycles. The van der Waals surface area contributed by atoms with Crippen molar-refractivity contribution in [1.29, 1.82) is 0 Å². The first-order chi connectivity index (χ1) is 7.11. The molecule has 1 aromatic carbocycles. The Hall–Kier alpha value is -0.740. The lowest BCUT2D eigenvalue weighted by Gasteiger charge is -2.28. The highest BCUT2D eigenvalue weighted by Crippen LogP contribution is 2.36. The minimum atomic E-state index is -0.0533. The molecule has 0 saturated heterocycles. The van der Waals surface area contributed by atoms with Gasteiger partial charge in [0.15, 0.2) is 6.29 Å². The lowest BCUT2D eigenvalue weighted by Crippen LogP contribution is -2.49. The Morgan fingerprint density at radius 1 is 1.40 bits per heavy atom. The van der Waals surface area contributed by atoms with Crippen LogP contribution in [0.4, 0.5) is 11.4 Å². The molecule has 0 radical (unpaired) electrons. The summed E-state index contributed by atoms with van der Waals surface area (Å²) in [6.45, 7) is 3.05. The van der Waals surface area contributed by atoms with Crippen LogP contribution in [0.2, 0.25) is 0 Å². The number of para-hydroxylation sites is 2. The summed E-state index contributed by atoms with van der Waals surface area (Å²) in [6.07, 6.45) is -0.0533. The highest BCUT2D eigenvalue weighted by atomic mass is 79.9. The molecule has 2 unspecified atom stereocenters. The van der Waals surface area contributed by atoms with Crippen molar-refractivity contribution < 1.29 is 0 Å². The van der Waals surface area contributed by atoms with Gasteiger partial charge in [-0.2, -0.15) is 0 Å². The van der Waals surface area contributed by atoms with Crippen molar-refractivity contribution in [3.05, 3.63) is 24.3 Å². The number of nitrogens with two attached hydrogens (primary N) is 1. The van der Waals surface area contributed by atoms with E-state index in [1.54, 1.807) is 0 Å². The van der Waals surface area contributed by atoms with Gasteiger partial charge in [-0.1, -0.05) is 35.0 Å². The topological polar surface area (TPSA) is 32.5 Å². The molecule has 4 heteroatoms. The fraction of sp³-hybridized carbons (Fsp3) is 0.455. The Balaban J connectivity index is 2.33. The van der Waals surface area contributed by atoms with E-state index in [4.69, 9.17) is 5.73 Å². The zero-order chi connectivity index (χ0) is 11.0. The van der Waals surface area contributed by atoms with Gasteiger partial charge in [-0.15, -0.1) is 0 Å². The molecule has 15 heavy (non-hydrogen) atoms. The largest absolute Gasteiger partial charge is 0.340 e. The highest BCUT2D eigenvalue weighted by molar-refractivity contribution is 9.09. The maximum atomic E-state index is 6.15. The number of benzene rings is 1. The Bertz CT molecular complexity index is 353. The van der Waals surface area contributed by atoms with Crippen LogP contribution in [-0.2, 0) is 0 Å². The van der Waals surface area contributed by atoms with Gasteiger partial charge in [0.1, 0.15) is 0 Å². The molecule has 3 nitrogen and oxygen atoms in total. The van der Waals surface area contributed by atoms with Gasteiger partial charge in [-0.3, -0.25) is 5.73 Å². The summed E-state index contributed by atoms with van der Waals surface area (Å²) in [6, 6.07) is 8.32. The van der Waals surface area contributed by atoms with Crippen LogP contribution in [0.5, 0.6) is 0 Å². The molecule has 1 aliphatic rings. The van der Waals surface area contributed by atoms with Crippen LogP contribution >= 0.6 is 15.9 Å². The van der Waals surface area contributed by atoms with E-state index in [0.29, 0.717) is 4.83 Å². The van der Waals surface area contributed by atoms with E-state index in [1.807, 2.05) is 13.1 Å². The smallest absolute Gasteiger partial charge is 0.155 e. The summed E-state index contributed by atoms with van der Waals surface area (Å²) in [5, 5.41) is 0. The van der Waals surface area contributed by atoms with Crippen LogP contribution in [-0.4, -0.2) is 24.7 Å². The van der Waals surface area contributed by atoms with Gasteiger partial charge in [0.05, 0.1) is 11.4 Å². The second-order valence-corrected chi connectivity index (χ2v) is 5.51. The number of alkyl halides is 1. The predicted molar refractivity (Wildman–Crippen MR) is 68.6 cm³/mol. The molecule has 1 aliphatic heterocycles. The number of rotatable bonds is 2. The molecule has 0 aliphatic carbocycles. The minimum Gasteiger partial charge on any atom is -0.340 e. The molecular formula is C11H16BrN3. The van der Waals surface area contributed by atoms with Crippen LogP contribution in [0, 0.1) is 0 Å². The normalized spacial score (nSPS) is 21.7. The van der Waals surface area contributed by atoms with E-state index < -0.39 is 0 Å². The van der Waals surface area contributed by atoms with Gasteiger partial charge in [0.2, 0.25) is 0 Å². The quantitative estimate of drug-likeness (QED) is 0.834. The fourth-order valence-corrected chi connectivity index (χ4v) is 2.29. The standard InChI is InChI=1S/C11H16BrN3/c1-8(12)7-15-10-6-4-3-5-9(10)14(2)11(15)13/h3-6,8,11H,7,13H2,1-2H3. The number of nitrogens with zero attached hydrogens (tertiary/aromatic N) is 2. The third-order valence-electron chi connectivity index (χ3n) is 2.74. The Labute approximate surface area is 99.0 Å². The van der Waals surface area contributed by atoms with E-state index in [2.05, 4.69) is 50.9 Å². The zero-order valence-electron chi connectivity index (χ0n) is 9.02. The van der Waals surface area contributed by atoms with Crippen molar-refractivity contribution in [3.63, 3.8) is 0 Å². The van der Waals surface area contributed by atoms with E-state index in [-0.39, 0.29) is 6.29 Å². The average molecular weight is 270 g/mol. The van der Waals surface area contributed by atoms with Crippen LogP contribution in [0.1, 0.15) is 6.92 Å². The molecule has 1 aromatic rings. The lowest BCUT2D eigenvalue weighted by molar-refractivity contribution is 0.631. The maximum absolute atomic E-state index is 6.15. The third-order valence-corrected chi connectivity index (χ3v) is 3.03. The fourth-order valence-electron chi connectivity index (χ4n) is 1.98. The summed E-state index contributed by atoms with van der Waals surface area (Å²) >= 11 is 3.57. The van der Waals surface area contributed by atoms with Crippen molar-refractivity contribution in [2.75, 3.05) is 23.4 Å². The second-order valence-electron chi connectivity index (χ2n) is 3.95. The molecule has 2 N–H and O–H groups in total. The van der Waals surface area contributed by atoms with Gasteiger partial charge in [0.25, 0.3) is 0 Å². The predicted octanol–water partition coefficient (Wildman–Crippen LogP) is 1.97. The number of hydrogen-bond acceptors (Lipinski definition) is 3. The van der Waals surface area contributed by atoms with E-state index in [9.17, 15) is 0 Å². The van der Waals surface area contributed by atoms with Crippen molar-refractivity contribution in [2.24, 2.45) is 5.73 Å². The van der Waals surface area contributed by atoms with Crippen molar-refractivity contribution in [1.82, 2.24) is 0 Å². The van der Waals surface area contributed by atoms with Gasteiger partial charge >= 0.3 is 0 Å². The molecular weight excluding hydrogens is 254 g/mol. The maximum Gasteiger partial charge on any atom is 0.155 e. The van der Waals surface area contributed by atoms with Crippen LogP contribution < -0.4 is 15.5 Å². The van der Waals surface area contributed by atoms with E-state index in [1.165, 1.54) is 11.4 Å². The SMILES string of the molecule is CC(Br)CN1c2ccccc2N(C)C1N. The van der Waals surface area contributed by atoms with E-state index >= 15 is 0 Å². The molecule has 2 rings (SSSR count). The molecule has 0 fully saturated rings. The molecule has 0 amide bonds. The average Bonchev–Trinajstić information content (AvgIpc) is 2.44. The second kappa shape index (κ2) is 4.02. The summed E-state index contributed by atoms with van der Waals surface area (Å²) in [4.78, 5) is 4.75. The van der Waals surface area contributed by atoms with E-state index in [0.717, 1.165) is 6.54 Å². The first-order valence-electron chi connectivity index (χ1n) is 5.09. The zero-order valence-corrected chi connectivity index (χ0v) is 10.6. The molecule has 0 saturated carbocycles. The molecule has 0 bridgehead atoms. The molecule has 0 spiro atoms. The van der Waals surface area contributed by atoms with Gasteiger partial charge in [-0.05, 0) is 12.1 Å². The van der Waals surface area contributed by atoms with Crippen LogP contribution in [0.15, 0.2) is 24.3 Å². The van der Waals surface area contributed by atoms with Gasteiger partial charge in [0, 0.05) is 18.4 Å². The molecule has 1 heterocycles. The highest BCUT2D eigenvalue weighted by Gasteiger charge is 2.30. The van der Waals surface area contributed by atoms with Gasteiger partial charge < -0.3 is 9.80 Å².